The average Bonchev–Trinajstić information content (AvgIpc) is 3.40. The molecule has 0 radical (unpaired) electrons. The molecule has 1 aromatic rings. The van der Waals surface area contributed by atoms with Crippen molar-refractivity contribution < 1.29 is 42.9 Å². The molecule has 2 heterocycles. The van der Waals surface area contributed by atoms with E-state index in [0.29, 0.717) is 22.8 Å². The number of hydrogen-bond acceptors (Lipinski definition) is 9. The van der Waals surface area contributed by atoms with Gasteiger partial charge in [0, 0.05) is 18.4 Å². The molecule has 180 valence electrons. The van der Waals surface area contributed by atoms with Crippen LogP contribution in [0.2, 0.25) is 0 Å². The summed E-state index contributed by atoms with van der Waals surface area (Å²) in [6, 6.07) is 1.31. The van der Waals surface area contributed by atoms with Crippen LogP contribution in [0.25, 0.3) is 0 Å². The molecule has 2 unspecified atom stereocenters. The molecule has 2 atom stereocenters. The highest BCUT2D eigenvalue weighted by atomic mass is 16.5. The van der Waals surface area contributed by atoms with Gasteiger partial charge in [-0.3, -0.25) is 9.59 Å². The number of carbonyl (C=O) groups excluding carboxylic acids is 4. The van der Waals surface area contributed by atoms with Crippen LogP contribution in [0.5, 0.6) is 17.2 Å². The summed E-state index contributed by atoms with van der Waals surface area (Å²) in [7, 11) is 6.79. The lowest BCUT2D eigenvalue weighted by molar-refractivity contribution is -0.162. The van der Waals surface area contributed by atoms with Crippen molar-refractivity contribution in [3.05, 3.63) is 17.7 Å². The fraction of sp³-hybridized carbons (Fsp3) is 0.545. The molecule has 0 aliphatic carbocycles. The summed E-state index contributed by atoms with van der Waals surface area (Å²) in [4.78, 5) is 53.8. The summed E-state index contributed by atoms with van der Waals surface area (Å²) in [5.41, 5.74) is 0.401. The Bertz CT molecular complexity index is 879. The number of esters is 2. The van der Waals surface area contributed by atoms with Gasteiger partial charge in [0.15, 0.2) is 11.5 Å². The van der Waals surface area contributed by atoms with Gasteiger partial charge in [-0.25, -0.2) is 9.59 Å². The van der Waals surface area contributed by atoms with Crippen molar-refractivity contribution in [2.75, 3.05) is 35.5 Å². The summed E-state index contributed by atoms with van der Waals surface area (Å²) < 4.78 is 26.1. The van der Waals surface area contributed by atoms with Gasteiger partial charge in [-0.15, -0.1) is 0 Å². The van der Waals surface area contributed by atoms with Crippen LogP contribution in [0.3, 0.4) is 0 Å². The van der Waals surface area contributed by atoms with Crippen molar-refractivity contribution in [2.45, 2.75) is 43.9 Å². The first-order chi connectivity index (χ1) is 15.8. The number of nitrogens with zero attached hydrogens (tertiary/aromatic N) is 2. The van der Waals surface area contributed by atoms with Crippen molar-refractivity contribution >= 4 is 23.8 Å². The van der Waals surface area contributed by atoms with Gasteiger partial charge in [0.05, 0.1) is 35.5 Å². The maximum atomic E-state index is 13.0. The van der Waals surface area contributed by atoms with Gasteiger partial charge in [0.25, 0.3) is 0 Å². The minimum atomic E-state index is -1.10. The molecular formula is C22H28N2O9. The Morgan fingerprint density at radius 2 is 1.21 bits per heavy atom. The normalized spacial score (nSPS) is 21.1. The smallest absolute Gasteiger partial charge is 0.328 e. The maximum absolute atomic E-state index is 13.0. The van der Waals surface area contributed by atoms with Crippen LogP contribution in [0.4, 0.5) is 0 Å². The SMILES string of the molecule is COC(=O)C1CCC(=O)N1C(c1cc(OC)c(OC)c(OC)c1)N1C(=O)CCC1C(=O)OC. The Labute approximate surface area is 191 Å². The predicted molar refractivity (Wildman–Crippen MR) is 113 cm³/mol. The second kappa shape index (κ2) is 9.97. The average molecular weight is 464 g/mol. The standard InChI is InChI=1S/C22H28N2O9/c1-29-15-10-12(11-16(30-2)19(15)31-3)20(23-13(21(27)32-4)6-8-17(23)25)24-14(22(28)33-5)7-9-18(24)26/h10-11,13-14,20H,6-9H2,1-5H3. The van der Waals surface area contributed by atoms with E-state index in [-0.39, 0.29) is 37.5 Å². The number of methoxy groups -OCH3 is 5. The van der Waals surface area contributed by atoms with E-state index in [1.807, 2.05) is 0 Å². The largest absolute Gasteiger partial charge is 0.493 e. The van der Waals surface area contributed by atoms with Gasteiger partial charge in [0.1, 0.15) is 18.2 Å². The van der Waals surface area contributed by atoms with Crippen LogP contribution >= 0.6 is 0 Å². The lowest BCUT2D eigenvalue weighted by atomic mass is 10.1. The van der Waals surface area contributed by atoms with Crippen LogP contribution in [0.15, 0.2) is 12.1 Å². The van der Waals surface area contributed by atoms with Gasteiger partial charge in [-0.05, 0) is 25.0 Å². The number of carbonyl (C=O) groups is 4. The number of hydrogen-bond donors (Lipinski definition) is 0. The molecule has 0 saturated carbocycles. The minimum Gasteiger partial charge on any atom is -0.493 e. The Morgan fingerprint density at radius 1 is 0.788 bits per heavy atom. The van der Waals surface area contributed by atoms with E-state index in [1.54, 1.807) is 12.1 Å². The van der Waals surface area contributed by atoms with Crippen LogP contribution in [0.1, 0.15) is 37.4 Å². The first-order valence-electron chi connectivity index (χ1n) is 10.4. The Kier molecular flexibility index (Phi) is 7.29. The molecule has 11 nitrogen and oxygen atoms in total. The van der Waals surface area contributed by atoms with Crippen LogP contribution in [-0.4, -0.2) is 81.2 Å². The monoisotopic (exact) mass is 464 g/mol. The maximum Gasteiger partial charge on any atom is 0.328 e. The first-order valence-corrected chi connectivity index (χ1v) is 10.4. The number of benzene rings is 1. The summed E-state index contributed by atoms with van der Waals surface area (Å²) in [5, 5.41) is 0. The zero-order valence-electron chi connectivity index (χ0n) is 19.3. The van der Waals surface area contributed by atoms with E-state index in [9.17, 15) is 19.2 Å². The second-order valence-electron chi connectivity index (χ2n) is 7.59. The van der Waals surface area contributed by atoms with Gasteiger partial charge in [-0.1, -0.05) is 0 Å². The van der Waals surface area contributed by atoms with E-state index in [0.717, 1.165) is 0 Å². The lowest BCUT2D eigenvalue weighted by Gasteiger charge is -2.40. The predicted octanol–water partition coefficient (Wildman–Crippen LogP) is 1.04. The van der Waals surface area contributed by atoms with Crippen molar-refractivity contribution in [3.63, 3.8) is 0 Å². The molecule has 0 spiro atoms. The zero-order chi connectivity index (χ0) is 24.3. The summed E-state index contributed by atoms with van der Waals surface area (Å²) in [6.45, 7) is 0. The highest BCUT2D eigenvalue weighted by Crippen LogP contribution is 2.45. The topological polar surface area (TPSA) is 121 Å². The molecule has 3 rings (SSSR count). The minimum absolute atomic E-state index is 0.0889. The summed E-state index contributed by atoms with van der Waals surface area (Å²) in [6.07, 6.45) is -0.483. The molecule has 2 aliphatic heterocycles. The molecule has 2 aliphatic rings. The highest BCUT2D eigenvalue weighted by Gasteiger charge is 2.50. The number of rotatable bonds is 8. The van der Waals surface area contributed by atoms with E-state index >= 15 is 0 Å². The number of amides is 2. The van der Waals surface area contributed by atoms with Crippen LogP contribution in [0, 0.1) is 0 Å². The van der Waals surface area contributed by atoms with Gasteiger partial charge >= 0.3 is 11.9 Å². The van der Waals surface area contributed by atoms with Crippen molar-refractivity contribution in [3.8, 4) is 17.2 Å². The van der Waals surface area contributed by atoms with Crippen LogP contribution < -0.4 is 14.2 Å². The summed E-state index contributed by atoms with van der Waals surface area (Å²) >= 11 is 0. The van der Waals surface area contributed by atoms with E-state index < -0.39 is 30.2 Å². The molecular weight excluding hydrogens is 436 g/mol. The Morgan fingerprint density at radius 3 is 1.55 bits per heavy atom. The summed E-state index contributed by atoms with van der Waals surface area (Å²) in [5.74, 6) is -1.03. The van der Waals surface area contributed by atoms with E-state index in [4.69, 9.17) is 23.7 Å². The second-order valence-corrected chi connectivity index (χ2v) is 7.59. The number of ether oxygens (including phenoxy) is 5. The third-order valence-electron chi connectivity index (χ3n) is 5.97. The van der Waals surface area contributed by atoms with E-state index in [2.05, 4.69) is 0 Å². The van der Waals surface area contributed by atoms with Crippen molar-refractivity contribution in [2.24, 2.45) is 0 Å². The third kappa shape index (κ3) is 4.27. The third-order valence-corrected chi connectivity index (χ3v) is 5.97. The van der Waals surface area contributed by atoms with Gasteiger partial charge < -0.3 is 33.5 Å². The highest BCUT2D eigenvalue weighted by molar-refractivity contribution is 5.91. The Hall–Kier alpha value is -3.50. The van der Waals surface area contributed by atoms with Crippen LogP contribution in [-0.2, 0) is 28.7 Å². The molecule has 0 bridgehead atoms. The molecule has 2 fully saturated rings. The quantitative estimate of drug-likeness (QED) is 0.520. The molecule has 11 heteroatoms. The van der Waals surface area contributed by atoms with E-state index in [1.165, 1.54) is 45.3 Å². The molecule has 0 aromatic heterocycles. The lowest BCUT2D eigenvalue weighted by Crippen LogP contribution is -2.52. The Balaban J connectivity index is 2.24. The van der Waals surface area contributed by atoms with Crippen molar-refractivity contribution in [1.29, 1.82) is 0 Å². The fourth-order valence-electron chi connectivity index (χ4n) is 4.46. The fourth-order valence-corrected chi connectivity index (χ4v) is 4.46. The van der Waals surface area contributed by atoms with Gasteiger partial charge in [0.2, 0.25) is 17.6 Å². The van der Waals surface area contributed by atoms with Crippen molar-refractivity contribution in [1.82, 2.24) is 9.80 Å². The first kappa shape index (κ1) is 24.1. The van der Waals surface area contributed by atoms with Gasteiger partial charge in [-0.2, -0.15) is 0 Å². The number of likely N-dealkylation sites (tertiary alicyclic amines) is 2. The molecule has 2 amide bonds. The molecule has 0 N–H and O–H groups in total. The molecule has 2 saturated heterocycles. The molecule has 33 heavy (non-hydrogen) atoms. The zero-order valence-corrected chi connectivity index (χ0v) is 19.3. The molecule has 1 aromatic carbocycles.